The van der Waals surface area contributed by atoms with Gasteiger partial charge in [0.25, 0.3) is 0 Å². The monoisotopic (exact) mass is 374 g/mol. The summed E-state index contributed by atoms with van der Waals surface area (Å²) >= 11 is 0. The van der Waals surface area contributed by atoms with Gasteiger partial charge < -0.3 is 5.32 Å². The van der Waals surface area contributed by atoms with Crippen molar-refractivity contribution < 1.29 is 13.2 Å². The molecule has 0 aliphatic carbocycles. The first-order valence-corrected chi connectivity index (χ1v) is 10.5. The molecule has 0 radical (unpaired) electrons. The van der Waals surface area contributed by atoms with Crippen LogP contribution in [0.1, 0.15) is 37.9 Å². The van der Waals surface area contributed by atoms with Crippen LogP contribution in [0.15, 0.2) is 54.6 Å². The second-order valence-corrected chi connectivity index (χ2v) is 8.26. The molecule has 5 nitrogen and oxygen atoms in total. The molecule has 2 aromatic rings. The highest BCUT2D eigenvalue weighted by Crippen LogP contribution is 2.21. The lowest BCUT2D eigenvalue weighted by atomic mass is 10.0. The maximum Gasteiger partial charge on any atom is 0.244 e. The Kier molecular flexibility index (Phi) is 6.42. The molecule has 2 atom stereocenters. The van der Waals surface area contributed by atoms with Crippen molar-refractivity contribution in [3.63, 3.8) is 0 Å². The molecule has 1 N–H and O–H groups in total. The molecule has 1 amide bonds. The van der Waals surface area contributed by atoms with E-state index in [0.717, 1.165) is 22.5 Å². The molecule has 140 valence electrons. The number of amides is 1. The van der Waals surface area contributed by atoms with E-state index in [9.17, 15) is 13.2 Å². The van der Waals surface area contributed by atoms with Gasteiger partial charge in [0, 0.05) is 0 Å². The highest BCUT2D eigenvalue weighted by Gasteiger charge is 2.29. The van der Waals surface area contributed by atoms with E-state index in [2.05, 4.69) is 12.2 Å². The highest BCUT2D eigenvalue weighted by atomic mass is 32.2. The fraction of sp³-hybridized carbons (Fsp3) is 0.350. The summed E-state index contributed by atoms with van der Waals surface area (Å²) in [5, 5.41) is 2.91. The van der Waals surface area contributed by atoms with Gasteiger partial charge in [-0.05, 0) is 43.5 Å². The smallest absolute Gasteiger partial charge is 0.244 e. The third kappa shape index (κ3) is 4.85. The van der Waals surface area contributed by atoms with Gasteiger partial charge in [-0.15, -0.1) is 0 Å². The van der Waals surface area contributed by atoms with Crippen molar-refractivity contribution in [3.8, 4) is 0 Å². The van der Waals surface area contributed by atoms with E-state index in [1.807, 2.05) is 31.2 Å². The Labute approximate surface area is 156 Å². The van der Waals surface area contributed by atoms with E-state index in [-0.39, 0.29) is 11.9 Å². The number of nitrogens with one attached hydrogen (secondary N) is 1. The van der Waals surface area contributed by atoms with Crippen LogP contribution in [-0.2, 0) is 21.2 Å². The highest BCUT2D eigenvalue weighted by molar-refractivity contribution is 7.92. The summed E-state index contributed by atoms with van der Waals surface area (Å²) in [4.78, 5) is 12.7. The molecule has 0 aliphatic rings. The van der Waals surface area contributed by atoms with Crippen LogP contribution in [0.2, 0.25) is 0 Å². The van der Waals surface area contributed by atoms with Crippen molar-refractivity contribution >= 4 is 21.6 Å². The Hall–Kier alpha value is -2.34. The second-order valence-electron chi connectivity index (χ2n) is 6.40. The minimum Gasteiger partial charge on any atom is -0.348 e. The largest absolute Gasteiger partial charge is 0.348 e. The zero-order valence-corrected chi connectivity index (χ0v) is 16.5. The molecular weight excluding hydrogens is 348 g/mol. The number of aryl methyl sites for hydroxylation is 1. The molecule has 26 heavy (non-hydrogen) atoms. The van der Waals surface area contributed by atoms with Gasteiger partial charge in [0.05, 0.1) is 18.0 Å². The molecular formula is C20H26N2O3S. The molecule has 0 aliphatic heterocycles. The van der Waals surface area contributed by atoms with Crippen molar-refractivity contribution in [2.45, 2.75) is 39.3 Å². The Bertz CT molecular complexity index is 833. The van der Waals surface area contributed by atoms with Crippen molar-refractivity contribution in [2.75, 3.05) is 10.6 Å². The van der Waals surface area contributed by atoms with Crippen LogP contribution in [0.5, 0.6) is 0 Å². The molecule has 0 unspecified atom stereocenters. The summed E-state index contributed by atoms with van der Waals surface area (Å²) in [7, 11) is -3.60. The molecule has 0 fully saturated rings. The standard InChI is InChI=1S/C20H26N2O3S/c1-5-17-11-13-18(14-12-17)15(2)21-20(23)16(3)22(26(4,24)25)19-9-7-6-8-10-19/h6-16H,5H2,1-4H3,(H,21,23)/t15-,16-/m1/s1. The third-order valence-corrected chi connectivity index (χ3v) is 5.59. The molecule has 2 rings (SSSR count). The van der Waals surface area contributed by atoms with Crippen LogP contribution >= 0.6 is 0 Å². The van der Waals surface area contributed by atoms with Gasteiger partial charge in [0.2, 0.25) is 15.9 Å². The van der Waals surface area contributed by atoms with Crippen molar-refractivity contribution in [1.82, 2.24) is 5.32 Å². The van der Waals surface area contributed by atoms with Gasteiger partial charge in [-0.1, -0.05) is 49.4 Å². The van der Waals surface area contributed by atoms with Gasteiger partial charge in [0.15, 0.2) is 0 Å². The fourth-order valence-electron chi connectivity index (χ4n) is 2.84. The van der Waals surface area contributed by atoms with Crippen LogP contribution in [0.3, 0.4) is 0 Å². The average molecular weight is 375 g/mol. The average Bonchev–Trinajstić information content (AvgIpc) is 2.61. The van der Waals surface area contributed by atoms with E-state index in [1.165, 1.54) is 5.56 Å². The number of benzene rings is 2. The zero-order valence-electron chi connectivity index (χ0n) is 15.6. The lowest BCUT2D eigenvalue weighted by Crippen LogP contribution is -2.48. The molecule has 0 saturated heterocycles. The minimum absolute atomic E-state index is 0.215. The molecule has 6 heteroatoms. The molecule has 0 heterocycles. The lowest BCUT2D eigenvalue weighted by Gasteiger charge is -2.29. The molecule has 0 saturated carbocycles. The summed E-state index contributed by atoms with van der Waals surface area (Å²) < 4.78 is 25.6. The number of carbonyl (C=O) groups is 1. The van der Waals surface area contributed by atoms with E-state index < -0.39 is 16.1 Å². The summed E-state index contributed by atoms with van der Waals surface area (Å²) in [6, 6.07) is 15.6. The predicted octanol–water partition coefficient (Wildman–Crippen LogP) is 3.28. The van der Waals surface area contributed by atoms with Gasteiger partial charge in [-0.2, -0.15) is 0 Å². The van der Waals surface area contributed by atoms with Crippen molar-refractivity contribution in [3.05, 3.63) is 65.7 Å². The number of anilines is 1. The van der Waals surface area contributed by atoms with Crippen LogP contribution in [0.4, 0.5) is 5.69 Å². The first kappa shape index (κ1) is 20.0. The molecule has 0 bridgehead atoms. The van der Waals surface area contributed by atoms with Gasteiger partial charge in [-0.25, -0.2) is 8.42 Å². The maximum absolute atomic E-state index is 12.7. The van der Waals surface area contributed by atoms with E-state index in [4.69, 9.17) is 0 Å². The second kappa shape index (κ2) is 8.36. The van der Waals surface area contributed by atoms with Gasteiger partial charge >= 0.3 is 0 Å². The van der Waals surface area contributed by atoms with Gasteiger partial charge in [0.1, 0.15) is 6.04 Å². The zero-order chi connectivity index (χ0) is 19.3. The SMILES string of the molecule is CCc1ccc([C@@H](C)NC(=O)[C@@H](C)N(c2ccccc2)S(C)(=O)=O)cc1. The summed E-state index contributed by atoms with van der Waals surface area (Å²) in [6.45, 7) is 5.57. The Balaban J connectivity index is 2.18. The number of carbonyl (C=O) groups excluding carboxylic acids is 1. The first-order valence-electron chi connectivity index (χ1n) is 8.67. The molecule has 0 aromatic heterocycles. The summed E-state index contributed by atoms with van der Waals surface area (Å²) in [5.41, 5.74) is 2.68. The van der Waals surface area contributed by atoms with Crippen molar-refractivity contribution in [2.24, 2.45) is 0 Å². The molecule has 0 spiro atoms. The quantitative estimate of drug-likeness (QED) is 0.809. The topological polar surface area (TPSA) is 66.5 Å². The number of sulfonamides is 1. The number of para-hydroxylation sites is 1. The normalized spacial score (nSPS) is 13.7. The number of hydrogen-bond donors (Lipinski definition) is 1. The number of rotatable bonds is 7. The maximum atomic E-state index is 12.7. The first-order chi connectivity index (χ1) is 12.2. The third-order valence-electron chi connectivity index (χ3n) is 4.35. The van der Waals surface area contributed by atoms with Crippen LogP contribution in [-0.4, -0.2) is 26.6 Å². The van der Waals surface area contributed by atoms with Crippen LogP contribution in [0, 0.1) is 0 Å². The van der Waals surface area contributed by atoms with Gasteiger partial charge in [-0.3, -0.25) is 9.10 Å². The van der Waals surface area contributed by atoms with E-state index >= 15 is 0 Å². The minimum atomic E-state index is -3.60. The lowest BCUT2D eigenvalue weighted by molar-refractivity contribution is -0.122. The summed E-state index contributed by atoms with van der Waals surface area (Å²) in [6.07, 6.45) is 2.06. The fourth-order valence-corrected chi connectivity index (χ4v) is 4.02. The Morgan fingerprint density at radius 3 is 2.12 bits per heavy atom. The number of nitrogens with zero attached hydrogens (tertiary/aromatic N) is 1. The van der Waals surface area contributed by atoms with Crippen LogP contribution < -0.4 is 9.62 Å². The van der Waals surface area contributed by atoms with E-state index in [0.29, 0.717) is 5.69 Å². The Morgan fingerprint density at radius 2 is 1.62 bits per heavy atom. The number of hydrogen-bond acceptors (Lipinski definition) is 3. The van der Waals surface area contributed by atoms with Crippen molar-refractivity contribution in [1.29, 1.82) is 0 Å². The Morgan fingerprint density at radius 1 is 1.04 bits per heavy atom. The van der Waals surface area contributed by atoms with Crippen LogP contribution in [0.25, 0.3) is 0 Å². The van der Waals surface area contributed by atoms with E-state index in [1.54, 1.807) is 37.3 Å². The summed E-state index contributed by atoms with van der Waals surface area (Å²) in [5.74, 6) is -0.341. The predicted molar refractivity (Wildman–Crippen MR) is 106 cm³/mol. The molecule has 2 aromatic carbocycles.